The van der Waals surface area contributed by atoms with Crippen LogP contribution in [0.2, 0.25) is 15.6 Å². The number of rotatable bonds is 5. The normalized spacial score (nSPS) is 14.3. The topological polar surface area (TPSA) is 93.6 Å². The molecule has 1 aromatic rings. The van der Waals surface area contributed by atoms with Crippen LogP contribution in [0.3, 0.4) is 0 Å². The average Bonchev–Trinajstić information content (AvgIpc) is 2.34. The van der Waals surface area contributed by atoms with Gasteiger partial charge in [0.25, 0.3) is 0 Å². The van der Waals surface area contributed by atoms with Crippen LogP contribution in [0.25, 0.3) is 0 Å². The van der Waals surface area contributed by atoms with Gasteiger partial charge in [-0.1, -0.05) is 23.2 Å². The number of methoxy groups -OCH3 is 1. The van der Waals surface area contributed by atoms with E-state index in [0.29, 0.717) is 0 Å². The monoisotopic (exact) mass is 385 g/mol. The number of nitrogens with zero attached hydrogens (tertiary/aromatic N) is 2. The zero-order valence-corrected chi connectivity index (χ0v) is 15.3. The zero-order chi connectivity index (χ0) is 17.8. The van der Waals surface area contributed by atoms with E-state index in [4.69, 9.17) is 44.3 Å². The van der Waals surface area contributed by atoms with Crippen molar-refractivity contribution in [2.75, 3.05) is 13.7 Å². The SMILES string of the molecule is COC[C@H](NC(=O)OC(C)(C)C)C(O)c1c(Cl)nc(Cl)nc1Cl. The molecule has 1 unspecified atom stereocenters. The summed E-state index contributed by atoms with van der Waals surface area (Å²) in [6.45, 7) is 5.13. The summed E-state index contributed by atoms with van der Waals surface area (Å²) in [6.07, 6.45) is -2.04. The molecule has 0 bridgehead atoms. The number of nitrogens with one attached hydrogen (secondary N) is 1. The van der Waals surface area contributed by atoms with Crippen LogP contribution in [-0.2, 0) is 9.47 Å². The van der Waals surface area contributed by atoms with Gasteiger partial charge < -0.3 is 19.9 Å². The molecule has 7 nitrogen and oxygen atoms in total. The van der Waals surface area contributed by atoms with E-state index in [2.05, 4.69) is 15.3 Å². The van der Waals surface area contributed by atoms with Crippen LogP contribution in [0, 0.1) is 0 Å². The van der Waals surface area contributed by atoms with Gasteiger partial charge in [0.1, 0.15) is 22.0 Å². The molecule has 0 aliphatic rings. The van der Waals surface area contributed by atoms with Gasteiger partial charge in [-0.2, -0.15) is 0 Å². The fourth-order valence-corrected chi connectivity index (χ4v) is 2.55. The van der Waals surface area contributed by atoms with Gasteiger partial charge in [-0.3, -0.25) is 0 Å². The zero-order valence-electron chi connectivity index (χ0n) is 13.1. The lowest BCUT2D eigenvalue weighted by atomic mass is 10.1. The van der Waals surface area contributed by atoms with Gasteiger partial charge in [-0.25, -0.2) is 14.8 Å². The summed E-state index contributed by atoms with van der Waals surface area (Å²) in [4.78, 5) is 19.3. The van der Waals surface area contributed by atoms with Crippen LogP contribution >= 0.6 is 34.8 Å². The van der Waals surface area contributed by atoms with Gasteiger partial charge in [-0.15, -0.1) is 0 Å². The Hall–Kier alpha value is -0.860. The fourth-order valence-electron chi connectivity index (χ4n) is 1.69. The number of carbonyl (C=O) groups excluding carboxylic acids is 1. The van der Waals surface area contributed by atoms with E-state index in [1.54, 1.807) is 20.8 Å². The Morgan fingerprint density at radius 1 is 1.26 bits per heavy atom. The standard InChI is InChI=1S/C13H18Cl3N3O4/c1-13(2,3)23-12(21)17-6(5-22-4)8(20)7-9(14)18-11(16)19-10(7)15/h6,8,20H,5H2,1-4H3,(H,17,21)/t6-,8?/m0/s1. The number of alkyl carbamates (subject to hydrolysis) is 1. The molecule has 0 aliphatic carbocycles. The Morgan fingerprint density at radius 2 is 1.78 bits per heavy atom. The largest absolute Gasteiger partial charge is 0.444 e. The number of amides is 1. The van der Waals surface area contributed by atoms with Gasteiger partial charge in [0.15, 0.2) is 0 Å². The molecule has 0 saturated heterocycles. The molecule has 2 N–H and O–H groups in total. The van der Waals surface area contributed by atoms with Gasteiger partial charge in [-0.05, 0) is 32.4 Å². The molecule has 0 aliphatic heterocycles. The molecule has 0 radical (unpaired) electrons. The van der Waals surface area contributed by atoms with Gasteiger partial charge in [0.05, 0.1) is 18.2 Å². The molecule has 2 atom stereocenters. The van der Waals surface area contributed by atoms with Crippen molar-refractivity contribution >= 4 is 40.9 Å². The summed E-state index contributed by atoms with van der Waals surface area (Å²) in [6, 6.07) is -0.880. The van der Waals surface area contributed by atoms with Crippen molar-refractivity contribution in [3.8, 4) is 0 Å². The van der Waals surface area contributed by atoms with E-state index in [1.165, 1.54) is 7.11 Å². The lowest BCUT2D eigenvalue weighted by Crippen LogP contribution is -2.45. The highest BCUT2D eigenvalue weighted by molar-refractivity contribution is 6.36. The van der Waals surface area contributed by atoms with Crippen molar-refractivity contribution in [3.63, 3.8) is 0 Å². The Bertz CT molecular complexity index is 543. The number of carbonyl (C=O) groups is 1. The molecule has 0 spiro atoms. The van der Waals surface area contributed by atoms with Crippen LogP contribution < -0.4 is 5.32 Å². The Morgan fingerprint density at radius 3 is 2.22 bits per heavy atom. The van der Waals surface area contributed by atoms with Crippen molar-refractivity contribution in [1.82, 2.24) is 15.3 Å². The molecule has 0 aromatic carbocycles. The summed E-state index contributed by atoms with van der Waals surface area (Å²) in [5.41, 5.74) is -0.651. The Balaban J connectivity index is 2.99. The lowest BCUT2D eigenvalue weighted by molar-refractivity contribution is 0.0300. The first kappa shape index (κ1) is 20.2. The van der Waals surface area contributed by atoms with Crippen LogP contribution in [0.5, 0.6) is 0 Å². The summed E-state index contributed by atoms with van der Waals surface area (Å²) in [5.74, 6) is 0. The van der Waals surface area contributed by atoms with Crippen molar-refractivity contribution in [3.05, 3.63) is 21.2 Å². The van der Waals surface area contributed by atoms with E-state index in [-0.39, 0.29) is 27.8 Å². The Labute approximate surface area is 149 Å². The molecule has 1 rings (SSSR count). The molecule has 23 heavy (non-hydrogen) atoms. The summed E-state index contributed by atoms with van der Waals surface area (Å²) < 4.78 is 10.1. The van der Waals surface area contributed by atoms with Crippen molar-refractivity contribution in [2.45, 2.75) is 38.5 Å². The second-order valence-corrected chi connectivity index (χ2v) is 6.69. The molecule has 10 heteroatoms. The van der Waals surface area contributed by atoms with E-state index in [9.17, 15) is 9.90 Å². The lowest BCUT2D eigenvalue weighted by Gasteiger charge is -2.26. The molecule has 1 heterocycles. The molecular formula is C13H18Cl3N3O4. The summed E-state index contributed by atoms with van der Waals surface area (Å²) in [7, 11) is 1.41. The third kappa shape index (κ3) is 6.27. The van der Waals surface area contributed by atoms with Gasteiger partial charge >= 0.3 is 6.09 Å². The maximum atomic E-state index is 11.9. The minimum Gasteiger partial charge on any atom is -0.444 e. The number of aliphatic hydroxyl groups excluding tert-OH is 1. The third-order valence-electron chi connectivity index (χ3n) is 2.55. The van der Waals surface area contributed by atoms with E-state index < -0.39 is 23.8 Å². The molecule has 0 saturated carbocycles. The maximum Gasteiger partial charge on any atom is 0.408 e. The second-order valence-electron chi connectivity index (χ2n) is 5.64. The van der Waals surface area contributed by atoms with Crippen molar-refractivity contribution < 1.29 is 19.4 Å². The predicted molar refractivity (Wildman–Crippen MR) is 87.1 cm³/mol. The van der Waals surface area contributed by atoms with E-state index in [1.807, 2.05) is 0 Å². The quantitative estimate of drug-likeness (QED) is 0.597. The van der Waals surface area contributed by atoms with Crippen molar-refractivity contribution in [1.29, 1.82) is 0 Å². The smallest absolute Gasteiger partial charge is 0.408 e. The summed E-state index contributed by atoms with van der Waals surface area (Å²) in [5, 5.41) is 12.6. The molecular weight excluding hydrogens is 369 g/mol. The first-order chi connectivity index (χ1) is 10.5. The highest BCUT2D eigenvalue weighted by Gasteiger charge is 2.30. The molecule has 1 aromatic heterocycles. The first-order valence-corrected chi connectivity index (χ1v) is 7.73. The minimum absolute atomic E-state index is 0.0182. The van der Waals surface area contributed by atoms with Crippen LogP contribution in [0.1, 0.15) is 32.4 Å². The molecule has 130 valence electrons. The molecule has 0 fully saturated rings. The van der Waals surface area contributed by atoms with Crippen molar-refractivity contribution in [2.24, 2.45) is 0 Å². The first-order valence-electron chi connectivity index (χ1n) is 6.60. The maximum absolute atomic E-state index is 11.9. The number of aromatic nitrogens is 2. The van der Waals surface area contributed by atoms with Crippen LogP contribution in [0.15, 0.2) is 0 Å². The number of hydrogen-bond donors (Lipinski definition) is 2. The average molecular weight is 387 g/mol. The Kier molecular flexibility index (Phi) is 7.29. The van der Waals surface area contributed by atoms with Crippen LogP contribution in [-0.4, -0.2) is 46.5 Å². The highest BCUT2D eigenvalue weighted by atomic mass is 35.5. The number of aliphatic hydroxyl groups is 1. The second kappa shape index (κ2) is 8.30. The number of hydrogen-bond acceptors (Lipinski definition) is 6. The van der Waals surface area contributed by atoms with E-state index in [0.717, 1.165) is 0 Å². The predicted octanol–water partition coefficient (Wildman–Crippen LogP) is 3.01. The summed E-state index contributed by atoms with van der Waals surface area (Å²) >= 11 is 17.5. The molecule has 1 amide bonds. The van der Waals surface area contributed by atoms with Gasteiger partial charge in [0.2, 0.25) is 5.28 Å². The number of halogens is 3. The third-order valence-corrected chi connectivity index (χ3v) is 3.30. The number of ether oxygens (including phenoxy) is 2. The fraction of sp³-hybridized carbons (Fsp3) is 0.615. The minimum atomic E-state index is -1.32. The highest BCUT2D eigenvalue weighted by Crippen LogP contribution is 2.31. The van der Waals surface area contributed by atoms with Gasteiger partial charge in [0, 0.05) is 7.11 Å². The van der Waals surface area contributed by atoms with Crippen LogP contribution in [0.4, 0.5) is 4.79 Å². The van der Waals surface area contributed by atoms with E-state index >= 15 is 0 Å².